The number of benzene rings is 2. The molecule has 0 aliphatic carbocycles. The molecule has 0 spiro atoms. The van der Waals surface area contributed by atoms with Crippen LogP contribution in [0.5, 0.6) is 5.75 Å². The first-order valence-corrected chi connectivity index (χ1v) is 7.01. The largest absolute Gasteiger partial charge is 0.484 e. The van der Waals surface area contributed by atoms with Gasteiger partial charge < -0.3 is 14.7 Å². The third-order valence-corrected chi connectivity index (χ3v) is 3.66. The first-order chi connectivity index (χ1) is 10.7. The first kappa shape index (κ1) is 14.4. The summed E-state index contributed by atoms with van der Waals surface area (Å²) in [4.78, 5) is 1.96. The van der Waals surface area contributed by atoms with Gasteiger partial charge in [-0.15, -0.1) is 0 Å². The molecule has 2 aromatic carbocycles. The summed E-state index contributed by atoms with van der Waals surface area (Å²) in [5.41, 5.74) is 1.73. The molecule has 0 saturated heterocycles. The molecular formula is C17H15FN2O2. The highest BCUT2D eigenvalue weighted by Crippen LogP contribution is 2.34. The smallest absolute Gasteiger partial charge is 0.143 e. The lowest BCUT2D eigenvalue weighted by molar-refractivity contribution is 0.112. The summed E-state index contributed by atoms with van der Waals surface area (Å²) >= 11 is 0. The topological polar surface area (TPSA) is 56.5 Å². The number of hydrogen-bond acceptors (Lipinski definition) is 4. The van der Waals surface area contributed by atoms with E-state index in [1.54, 1.807) is 6.07 Å². The van der Waals surface area contributed by atoms with Crippen molar-refractivity contribution in [3.8, 4) is 11.8 Å². The Labute approximate surface area is 128 Å². The maximum atomic E-state index is 14.0. The van der Waals surface area contributed by atoms with Crippen LogP contribution in [0, 0.1) is 17.1 Å². The minimum Gasteiger partial charge on any atom is -0.484 e. The summed E-state index contributed by atoms with van der Waals surface area (Å²) in [7, 11) is 0. The van der Waals surface area contributed by atoms with E-state index in [-0.39, 0.29) is 18.5 Å². The predicted molar refractivity (Wildman–Crippen MR) is 80.1 cm³/mol. The molecule has 3 rings (SSSR count). The maximum absolute atomic E-state index is 14.0. The molecule has 0 radical (unpaired) electrons. The Hall–Kier alpha value is -2.58. The summed E-state index contributed by atoms with van der Waals surface area (Å²) in [5.74, 6) is 0.327. The lowest BCUT2D eigenvalue weighted by Crippen LogP contribution is -2.41. The Bertz CT molecular complexity index is 727. The molecule has 112 valence electrons. The van der Waals surface area contributed by atoms with E-state index < -0.39 is 0 Å². The van der Waals surface area contributed by atoms with E-state index in [2.05, 4.69) is 0 Å². The van der Waals surface area contributed by atoms with Crippen molar-refractivity contribution in [2.24, 2.45) is 0 Å². The number of anilines is 1. The zero-order chi connectivity index (χ0) is 15.5. The van der Waals surface area contributed by atoms with Crippen molar-refractivity contribution in [3.05, 3.63) is 59.4 Å². The van der Waals surface area contributed by atoms with Gasteiger partial charge in [-0.3, -0.25) is 0 Å². The fourth-order valence-corrected chi connectivity index (χ4v) is 2.59. The molecule has 1 aliphatic rings. The monoisotopic (exact) mass is 298 g/mol. The third-order valence-electron chi connectivity index (χ3n) is 3.66. The van der Waals surface area contributed by atoms with Gasteiger partial charge in [-0.25, -0.2) is 4.39 Å². The number of hydrogen-bond donors (Lipinski definition) is 1. The second kappa shape index (κ2) is 6.04. The lowest BCUT2D eigenvalue weighted by atomic mass is 10.1. The van der Waals surface area contributed by atoms with Gasteiger partial charge in [-0.2, -0.15) is 5.26 Å². The SMILES string of the molecule is N#Cc1ccc(F)c(CN2CC(CO)Oc3ccccc32)c1. The lowest BCUT2D eigenvalue weighted by Gasteiger charge is -2.35. The van der Waals surface area contributed by atoms with Crippen LogP contribution < -0.4 is 9.64 Å². The van der Waals surface area contributed by atoms with E-state index in [0.29, 0.717) is 30.0 Å². The van der Waals surface area contributed by atoms with E-state index in [0.717, 1.165) is 5.69 Å². The molecule has 0 fully saturated rings. The quantitative estimate of drug-likeness (QED) is 0.945. The van der Waals surface area contributed by atoms with Crippen molar-refractivity contribution >= 4 is 5.69 Å². The highest BCUT2D eigenvalue weighted by molar-refractivity contribution is 5.60. The molecule has 5 heteroatoms. The molecule has 1 N–H and O–H groups in total. The Balaban J connectivity index is 1.93. The number of aliphatic hydroxyl groups is 1. The van der Waals surface area contributed by atoms with Crippen molar-refractivity contribution in [2.75, 3.05) is 18.1 Å². The maximum Gasteiger partial charge on any atom is 0.143 e. The van der Waals surface area contributed by atoms with E-state index >= 15 is 0 Å². The van der Waals surface area contributed by atoms with Crippen LogP contribution in [0.4, 0.5) is 10.1 Å². The Morgan fingerprint density at radius 2 is 2.14 bits per heavy atom. The number of nitriles is 1. The van der Waals surface area contributed by atoms with Crippen LogP contribution >= 0.6 is 0 Å². The summed E-state index contributed by atoms with van der Waals surface area (Å²) < 4.78 is 19.7. The second-order valence-electron chi connectivity index (χ2n) is 5.19. The molecule has 0 amide bonds. The van der Waals surface area contributed by atoms with Crippen LogP contribution in [0.2, 0.25) is 0 Å². The molecule has 1 heterocycles. The van der Waals surface area contributed by atoms with Gasteiger partial charge in [0.05, 0.1) is 30.5 Å². The highest BCUT2D eigenvalue weighted by atomic mass is 19.1. The van der Waals surface area contributed by atoms with E-state index in [9.17, 15) is 9.50 Å². The Morgan fingerprint density at radius 1 is 1.32 bits per heavy atom. The summed E-state index contributed by atoms with van der Waals surface area (Å²) in [6.07, 6.45) is -0.350. The van der Waals surface area contributed by atoms with E-state index in [4.69, 9.17) is 10.00 Å². The number of rotatable bonds is 3. The molecular weight excluding hydrogens is 283 g/mol. The van der Waals surface area contributed by atoms with Crippen LogP contribution in [-0.2, 0) is 6.54 Å². The number of nitrogens with zero attached hydrogens (tertiary/aromatic N) is 2. The molecule has 22 heavy (non-hydrogen) atoms. The minimum atomic E-state index is -0.350. The van der Waals surface area contributed by atoms with Crippen molar-refractivity contribution in [1.82, 2.24) is 0 Å². The van der Waals surface area contributed by atoms with Crippen molar-refractivity contribution in [3.63, 3.8) is 0 Å². The second-order valence-corrected chi connectivity index (χ2v) is 5.19. The summed E-state index contributed by atoms with van der Waals surface area (Å²) in [5, 5.41) is 18.3. The summed E-state index contributed by atoms with van der Waals surface area (Å²) in [6, 6.07) is 13.8. The average Bonchev–Trinajstić information content (AvgIpc) is 2.56. The van der Waals surface area contributed by atoms with Crippen LogP contribution in [0.1, 0.15) is 11.1 Å². The van der Waals surface area contributed by atoms with Gasteiger partial charge in [0.2, 0.25) is 0 Å². The molecule has 0 bridgehead atoms. The van der Waals surface area contributed by atoms with Crippen LogP contribution in [0.25, 0.3) is 0 Å². The van der Waals surface area contributed by atoms with E-state index in [1.807, 2.05) is 35.2 Å². The molecule has 4 nitrogen and oxygen atoms in total. The number of fused-ring (bicyclic) bond motifs is 1. The van der Waals surface area contributed by atoms with Gasteiger partial charge in [0.25, 0.3) is 0 Å². The van der Waals surface area contributed by atoms with Crippen LogP contribution in [0.3, 0.4) is 0 Å². The van der Waals surface area contributed by atoms with Gasteiger partial charge in [0, 0.05) is 12.1 Å². The molecule has 1 unspecified atom stereocenters. The average molecular weight is 298 g/mol. The Morgan fingerprint density at radius 3 is 2.91 bits per heavy atom. The van der Waals surface area contributed by atoms with Gasteiger partial charge in [-0.1, -0.05) is 12.1 Å². The van der Waals surface area contributed by atoms with Crippen LogP contribution in [-0.4, -0.2) is 24.4 Å². The Kier molecular flexibility index (Phi) is 3.94. The van der Waals surface area contributed by atoms with Crippen LogP contribution in [0.15, 0.2) is 42.5 Å². The highest BCUT2D eigenvalue weighted by Gasteiger charge is 2.25. The van der Waals surface area contributed by atoms with Gasteiger partial charge in [0.15, 0.2) is 0 Å². The van der Waals surface area contributed by atoms with E-state index in [1.165, 1.54) is 12.1 Å². The van der Waals surface area contributed by atoms with Gasteiger partial charge in [-0.05, 0) is 30.3 Å². The third kappa shape index (κ3) is 2.74. The van der Waals surface area contributed by atoms with Gasteiger partial charge >= 0.3 is 0 Å². The molecule has 2 aromatic rings. The molecule has 1 atom stereocenters. The zero-order valence-corrected chi connectivity index (χ0v) is 11.9. The molecule has 0 saturated carbocycles. The predicted octanol–water partition coefficient (Wildman–Crippen LogP) is 2.46. The fraction of sp³-hybridized carbons (Fsp3) is 0.235. The van der Waals surface area contributed by atoms with Gasteiger partial charge in [0.1, 0.15) is 17.7 Å². The standard InChI is InChI=1S/C17H15FN2O2/c18-15-6-5-12(8-19)7-13(15)9-20-10-14(11-21)22-17-4-2-1-3-16(17)20/h1-7,14,21H,9-11H2. The normalized spacial score (nSPS) is 16.6. The fourth-order valence-electron chi connectivity index (χ4n) is 2.59. The molecule has 0 aromatic heterocycles. The first-order valence-electron chi connectivity index (χ1n) is 7.01. The number of para-hydroxylation sites is 2. The van der Waals surface area contributed by atoms with Crippen molar-refractivity contribution < 1.29 is 14.2 Å². The number of ether oxygens (including phenoxy) is 1. The number of aliphatic hydroxyl groups excluding tert-OH is 1. The molecule has 1 aliphatic heterocycles. The summed E-state index contributed by atoms with van der Waals surface area (Å²) in [6.45, 7) is 0.674. The number of halogens is 1. The van der Waals surface area contributed by atoms with Crippen molar-refractivity contribution in [2.45, 2.75) is 12.6 Å². The van der Waals surface area contributed by atoms with Crippen molar-refractivity contribution in [1.29, 1.82) is 5.26 Å². The minimum absolute atomic E-state index is 0.106. The zero-order valence-electron chi connectivity index (χ0n) is 11.9.